The second kappa shape index (κ2) is 8.24. The van der Waals surface area contributed by atoms with Gasteiger partial charge >= 0.3 is 0 Å². The monoisotopic (exact) mass is 526 g/mol. The van der Waals surface area contributed by atoms with E-state index >= 15 is 0 Å². The first kappa shape index (κ1) is 23.8. The first-order valence-corrected chi connectivity index (χ1v) is 14.8. The number of rotatable bonds is 7. The molecule has 5 aliphatic rings. The van der Waals surface area contributed by atoms with Gasteiger partial charge in [0, 0.05) is 41.9 Å². The molecule has 1 saturated heterocycles. The van der Waals surface area contributed by atoms with Crippen LogP contribution >= 0.6 is 0 Å². The molecule has 8 rings (SSSR count). The zero-order chi connectivity index (χ0) is 26.5. The molecule has 1 unspecified atom stereocenters. The molecule has 204 valence electrons. The van der Waals surface area contributed by atoms with Crippen LogP contribution in [0.15, 0.2) is 35.3 Å². The lowest BCUT2D eigenvalue weighted by Crippen LogP contribution is -2.74. The summed E-state index contributed by atoms with van der Waals surface area (Å²) in [6, 6.07) is 10.3. The fraction of sp³-hybridized carbons (Fsp3) is 0.531. The molecule has 4 atom stereocenters. The van der Waals surface area contributed by atoms with E-state index < -0.39 is 11.0 Å². The van der Waals surface area contributed by atoms with Gasteiger partial charge in [-0.3, -0.25) is 9.89 Å². The maximum atomic E-state index is 13.0. The largest absolute Gasteiger partial charge is 0.504 e. The fourth-order valence-corrected chi connectivity index (χ4v) is 8.40. The van der Waals surface area contributed by atoms with Crippen molar-refractivity contribution in [3.63, 3.8) is 0 Å². The van der Waals surface area contributed by atoms with Gasteiger partial charge in [-0.15, -0.1) is 0 Å². The molecule has 3 heterocycles. The molecule has 2 aliphatic heterocycles. The smallest absolute Gasteiger partial charge is 0.166 e. The van der Waals surface area contributed by atoms with Crippen molar-refractivity contribution in [1.82, 2.24) is 9.88 Å². The van der Waals surface area contributed by atoms with Crippen molar-refractivity contribution in [3.8, 4) is 11.5 Å². The molecule has 5 N–H and O–H groups in total. The lowest BCUT2D eigenvalue weighted by Gasteiger charge is -2.62. The Morgan fingerprint density at radius 2 is 2.13 bits per heavy atom. The van der Waals surface area contributed by atoms with Crippen LogP contribution in [0.2, 0.25) is 0 Å². The number of benzene rings is 2. The highest BCUT2D eigenvalue weighted by atomic mass is 16.5. The molecule has 7 heteroatoms. The minimum Gasteiger partial charge on any atom is -0.504 e. The van der Waals surface area contributed by atoms with Crippen molar-refractivity contribution in [2.75, 3.05) is 13.1 Å². The summed E-state index contributed by atoms with van der Waals surface area (Å²) in [7, 11) is 0. The first-order valence-electron chi connectivity index (χ1n) is 14.8. The molecule has 39 heavy (non-hydrogen) atoms. The third kappa shape index (κ3) is 3.20. The normalized spacial score (nSPS) is 30.8. The van der Waals surface area contributed by atoms with Gasteiger partial charge in [0.1, 0.15) is 0 Å². The Morgan fingerprint density at radius 3 is 2.95 bits per heavy atom. The number of phenolic OH excluding ortho intramolecular Hbond substituents is 1. The minimum absolute atomic E-state index is 0.0326. The molecule has 1 saturated carbocycles. The molecular formula is C32H38N4O3. The van der Waals surface area contributed by atoms with E-state index in [-0.39, 0.29) is 17.9 Å². The van der Waals surface area contributed by atoms with Crippen LogP contribution in [0.25, 0.3) is 10.9 Å². The van der Waals surface area contributed by atoms with Crippen molar-refractivity contribution in [1.29, 1.82) is 0 Å². The number of nitrogens with zero attached hydrogens (tertiary/aromatic N) is 2. The van der Waals surface area contributed by atoms with E-state index in [0.717, 1.165) is 84.4 Å². The van der Waals surface area contributed by atoms with E-state index in [2.05, 4.69) is 46.1 Å². The predicted molar refractivity (Wildman–Crippen MR) is 151 cm³/mol. The van der Waals surface area contributed by atoms with Gasteiger partial charge in [0.25, 0.3) is 0 Å². The Hall–Kier alpha value is -3.03. The van der Waals surface area contributed by atoms with Crippen LogP contribution < -0.4 is 10.5 Å². The summed E-state index contributed by atoms with van der Waals surface area (Å²) < 4.78 is 6.71. The Kier molecular flexibility index (Phi) is 5.03. The van der Waals surface area contributed by atoms with Crippen LogP contribution in [0.5, 0.6) is 11.5 Å². The number of aromatic hydroxyl groups is 1. The van der Waals surface area contributed by atoms with Crippen LogP contribution in [0.1, 0.15) is 79.5 Å². The van der Waals surface area contributed by atoms with Gasteiger partial charge in [-0.25, -0.2) is 0 Å². The van der Waals surface area contributed by atoms with E-state index in [9.17, 15) is 10.2 Å². The van der Waals surface area contributed by atoms with Crippen LogP contribution in [0, 0.1) is 5.92 Å². The van der Waals surface area contributed by atoms with Gasteiger partial charge in [0.2, 0.25) is 0 Å². The number of aromatic nitrogens is 1. The summed E-state index contributed by atoms with van der Waals surface area (Å²) in [6.45, 7) is 4.74. The maximum Gasteiger partial charge on any atom is 0.166 e. The number of fused-ring (bicyclic) bond motifs is 4. The van der Waals surface area contributed by atoms with Gasteiger partial charge in [0.15, 0.2) is 17.6 Å². The Labute approximate surface area is 229 Å². The number of hydrogen-bond donors (Lipinski definition) is 4. The molecule has 0 radical (unpaired) electrons. The van der Waals surface area contributed by atoms with Crippen LogP contribution in [0.4, 0.5) is 0 Å². The Balaban J connectivity index is 1.26. The van der Waals surface area contributed by atoms with Crippen molar-refractivity contribution < 1.29 is 14.9 Å². The van der Waals surface area contributed by atoms with E-state index in [0.29, 0.717) is 24.6 Å². The van der Waals surface area contributed by atoms with Crippen molar-refractivity contribution in [3.05, 3.63) is 58.3 Å². The lowest BCUT2D eigenvalue weighted by molar-refractivity contribution is -0.173. The number of aliphatic imine (C=N–C) groups is 1. The van der Waals surface area contributed by atoms with Crippen molar-refractivity contribution >= 4 is 16.7 Å². The quantitative estimate of drug-likeness (QED) is 0.266. The second-order valence-electron chi connectivity index (χ2n) is 12.7. The number of phenols is 1. The van der Waals surface area contributed by atoms with Crippen molar-refractivity contribution in [2.45, 2.75) is 88.0 Å². The molecule has 3 aromatic rings. The number of ether oxygens (including phenoxy) is 1. The second-order valence-corrected chi connectivity index (χ2v) is 12.7. The van der Waals surface area contributed by atoms with E-state index in [1.165, 1.54) is 18.4 Å². The van der Waals surface area contributed by atoms with Gasteiger partial charge in [-0.1, -0.05) is 25.5 Å². The van der Waals surface area contributed by atoms with Crippen LogP contribution in [-0.4, -0.2) is 50.7 Å². The summed E-state index contributed by atoms with van der Waals surface area (Å²) in [5.74, 6) is 2.23. The molecule has 2 aromatic carbocycles. The number of nitrogens with two attached hydrogens (primary N) is 1. The number of nitrogens with one attached hydrogen (secondary N) is 1. The zero-order valence-corrected chi connectivity index (χ0v) is 22.7. The minimum atomic E-state index is -0.974. The average Bonchev–Trinajstić information content (AvgIpc) is 3.57. The standard InChI is InChI=1S/C32H38N4O3/c1-2-3-4-26(33)34-16-19-7-9-23-21(13-19)22-15-32(38)25-14-20-8-10-24(37)29-27(20)31(32,30(39-29)28(22)35-23)11-12-36(25)17-18-5-6-18/h7-10,13,18,25,30,35,37-38H,2-6,11-12,14-17H2,1H3,(H2,33,34)/t25-,30?,31+,32-/m1/s1. The summed E-state index contributed by atoms with van der Waals surface area (Å²) in [5.41, 5.74) is 11.3. The lowest BCUT2D eigenvalue weighted by atomic mass is 9.49. The highest BCUT2D eigenvalue weighted by molar-refractivity contribution is 5.87. The number of likely N-dealkylation sites (tertiary alicyclic amines) is 1. The zero-order valence-electron chi connectivity index (χ0n) is 22.7. The third-order valence-corrected chi connectivity index (χ3v) is 10.5. The Bertz CT molecular complexity index is 1520. The number of piperidine rings is 1. The van der Waals surface area contributed by atoms with Gasteiger partial charge < -0.3 is 25.7 Å². The van der Waals surface area contributed by atoms with Gasteiger partial charge in [-0.05, 0) is 79.5 Å². The molecule has 0 amide bonds. The summed E-state index contributed by atoms with van der Waals surface area (Å²) in [6.07, 6.45) is 7.44. The maximum absolute atomic E-state index is 13.0. The number of aromatic amines is 1. The number of unbranched alkanes of at least 4 members (excludes halogenated alkanes) is 1. The third-order valence-electron chi connectivity index (χ3n) is 10.5. The molecule has 2 fully saturated rings. The summed E-state index contributed by atoms with van der Waals surface area (Å²) in [5, 5.41) is 25.0. The molecular weight excluding hydrogens is 488 g/mol. The SMILES string of the molecule is CCCCC(N)=NCc1ccc2[nH]c3c(c2c1)C[C@@]1(O)[C@H]2Cc4ccc(O)c5c4[C@@]1(CCN2CC1CC1)C3O5. The van der Waals surface area contributed by atoms with Crippen LogP contribution in [0.3, 0.4) is 0 Å². The number of aliphatic hydroxyl groups is 1. The molecule has 7 nitrogen and oxygen atoms in total. The first-order chi connectivity index (χ1) is 18.9. The number of H-pyrrole nitrogens is 1. The van der Waals surface area contributed by atoms with Crippen LogP contribution in [-0.2, 0) is 24.8 Å². The predicted octanol–water partition coefficient (Wildman–Crippen LogP) is 4.62. The van der Waals surface area contributed by atoms with E-state index in [1.54, 1.807) is 6.07 Å². The Morgan fingerprint density at radius 1 is 1.26 bits per heavy atom. The molecule has 3 aliphatic carbocycles. The molecule has 2 bridgehead atoms. The molecule has 1 aromatic heterocycles. The van der Waals surface area contributed by atoms with Gasteiger partial charge in [0.05, 0.1) is 29.1 Å². The van der Waals surface area contributed by atoms with Gasteiger partial charge in [-0.2, -0.15) is 0 Å². The van der Waals surface area contributed by atoms with E-state index in [4.69, 9.17) is 10.5 Å². The highest BCUT2D eigenvalue weighted by Gasteiger charge is 2.72. The van der Waals surface area contributed by atoms with E-state index in [1.807, 2.05) is 0 Å². The number of hydrogen-bond acceptors (Lipinski definition) is 5. The average molecular weight is 527 g/mol. The fourth-order valence-electron chi connectivity index (χ4n) is 8.40. The molecule has 1 spiro atoms. The summed E-state index contributed by atoms with van der Waals surface area (Å²) >= 11 is 0. The van der Waals surface area contributed by atoms with Crippen molar-refractivity contribution in [2.24, 2.45) is 16.6 Å². The topological polar surface area (TPSA) is 107 Å². The summed E-state index contributed by atoms with van der Waals surface area (Å²) in [4.78, 5) is 10.9. The number of amidine groups is 1. The highest BCUT2D eigenvalue weighted by Crippen LogP contribution is 2.69.